The predicted octanol–water partition coefficient (Wildman–Crippen LogP) is 5.11. The van der Waals surface area contributed by atoms with Gasteiger partial charge in [0.2, 0.25) is 0 Å². The molecule has 0 bridgehead atoms. The Morgan fingerprint density at radius 3 is 2.44 bits per heavy atom. The second kappa shape index (κ2) is 8.24. The van der Waals surface area contributed by atoms with E-state index in [1.54, 1.807) is 24.3 Å². The first-order valence-electron chi connectivity index (χ1n) is 7.99. The van der Waals surface area contributed by atoms with E-state index in [0.29, 0.717) is 32.2 Å². The van der Waals surface area contributed by atoms with Gasteiger partial charge in [0.25, 0.3) is 10.0 Å². The van der Waals surface area contributed by atoms with Crippen LogP contribution in [-0.2, 0) is 10.0 Å². The minimum absolute atomic E-state index is 0.191. The highest BCUT2D eigenvalue weighted by atomic mass is 79.9. The number of fused-ring (bicyclic) bond motifs is 1. The summed E-state index contributed by atoms with van der Waals surface area (Å²) < 4.78 is 35.8. The minimum atomic E-state index is -3.82. The van der Waals surface area contributed by atoms with Gasteiger partial charge in [-0.15, -0.1) is 0 Å². The van der Waals surface area contributed by atoms with E-state index < -0.39 is 10.0 Å². The van der Waals surface area contributed by atoms with E-state index in [4.69, 9.17) is 4.74 Å². The van der Waals surface area contributed by atoms with Crippen LogP contribution < -0.4 is 4.74 Å². The van der Waals surface area contributed by atoms with Gasteiger partial charge in [0, 0.05) is 25.3 Å². The van der Waals surface area contributed by atoms with Crippen LogP contribution in [-0.4, -0.2) is 44.5 Å². The fourth-order valence-corrected chi connectivity index (χ4v) is 6.50. The molecule has 3 rings (SSSR count). The van der Waals surface area contributed by atoms with Crippen molar-refractivity contribution in [3.63, 3.8) is 0 Å². The van der Waals surface area contributed by atoms with Crippen LogP contribution in [0.3, 0.4) is 0 Å². The van der Waals surface area contributed by atoms with Crippen molar-refractivity contribution in [2.24, 2.45) is 0 Å². The number of ether oxygens (including phenoxy) is 1. The third-order valence-electron chi connectivity index (χ3n) is 3.92. The van der Waals surface area contributed by atoms with Crippen LogP contribution in [0.2, 0.25) is 0 Å². The molecule has 0 N–H and O–H groups in total. The number of likely N-dealkylation sites (N-methyl/N-ethyl adjacent to an activating group) is 1. The van der Waals surface area contributed by atoms with Gasteiger partial charge in [-0.25, -0.2) is 12.4 Å². The molecule has 0 atom stereocenters. The van der Waals surface area contributed by atoms with E-state index in [1.165, 1.54) is 10.2 Å². The van der Waals surface area contributed by atoms with E-state index >= 15 is 0 Å². The average molecular weight is 581 g/mol. The molecule has 1 heterocycles. The largest absolute Gasteiger partial charge is 0.490 e. The Morgan fingerprint density at radius 2 is 1.78 bits per heavy atom. The van der Waals surface area contributed by atoms with E-state index in [1.807, 2.05) is 31.1 Å². The number of hydrogen-bond donors (Lipinski definition) is 0. The number of rotatable bonds is 6. The highest BCUT2D eigenvalue weighted by Crippen LogP contribution is 2.38. The van der Waals surface area contributed by atoms with E-state index in [2.05, 4.69) is 47.8 Å². The zero-order valence-corrected chi connectivity index (χ0v) is 20.2. The van der Waals surface area contributed by atoms with Gasteiger partial charge in [0.1, 0.15) is 17.3 Å². The Kier molecular flexibility index (Phi) is 6.37. The number of aromatic nitrogens is 1. The van der Waals surface area contributed by atoms with E-state index in [-0.39, 0.29) is 4.90 Å². The second-order valence-corrected chi connectivity index (χ2v) is 10.6. The molecule has 5 nitrogen and oxygen atoms in total. The van der Waals surface area contributed by atoms with Gasteiger partial charge in [-0.1, -0.05) is 28.1 Å². The summed E-state index contributed by atoms with van der Waals surface area (Å²) in [5.74, 6) is 0.518. The molecule has 0 aliphatic carbocycles. The van der Waals surface area contributed by atoms with Gasteiger partial charge < -0.3 is 9.64 Å². The molecule has 0 spiro atoms. The molecule has 2 aromatic carbocycles. The van der Waals surface area contributed by atoms with Gasteiger partial charge in [-0.3, -0.25) is 0 Å². The molecule has 9 heteroatoms. The zero-order chi connectivity index (χ0) is 19.8. The molecule has 0 amide bonds. The smallest absolute Gasteiger partial charge is 0.269 e. The van der Waals surface area contributed by atoms with Crippen LogP contribution in [0.25, 0.3) is 10.9 Å². The molecule has 27 heavy (non-hydrogen) atoms. The van der Waals surface area contributed by atoms with Crippen LogP contribution in [0.1, 0.15) is 0 Å². The van der Waals surface area contributed by atoms with Crippen LogP contribution in [0.5, 0.6) is 5.75 Å². The summed E-state index contributed by atoms with van der Waals surface area (Å²) in [6.45, 7) is 1.17. The lowest BCUT2D eigenvalue weighted by Gasteiger charge is -2.10. The van der Waals surface area contributed by atoms with Gasteiger partial charge in [-0.05, 0) is 70.2 Å². The molecule has 0 saturated heterocycles. The summed E-state index contributed by atoms with van der Waals surface area (Å²) in [6.07, 6.45) is 1.53. The first kappa shape index (κ1) is 20.9. The summed E-state index contributed by atoms with van der Waals surface area (Å²) in [5, 5.41) is 0.714. The number of halogens is 3. The number of benzene rings is 2. The standard InChI is InChI=1S/C18H17Br3N2O3S/c1-22(2)7-8-26-16-11-23(18-13(16)9-12(19)10-15(18)21)27(24,25)17-6-4-3-5-14(17)20/h3-6,9-11H,7-8H2,1-2H3. The third-order valence-corrected chi connectivity index (χ3v) is 7.65. The zero-order valence-electron chi connectivity index (χ0n) is 14.6. The number of nitrogens with zero attached hydrogens (tertiary/aromatic N) is 2. The van der Waals surface area contributed by atoms with Crippen LogP contribution >= 0.6 is 47.8 Å². The summed E-state index contributed by atoms with van der Waals surface area (Å²) in [7, 11) is 0.0931. The Balaban J connectivity index is 2.20. The Morgan fingerprint density at radius 1 is 1.07 bits per heavy atom. The summed E-state index contributed by atoms with van der Waals surface area (Å²) in [4.78, 5) is 2.19. The molecular formula is C18H17Br3N2O3S. The lowest BCUT2D eigenvalue weighted by atomic mass is 10.2. The van der Waals surface area contributed by atoms with Crippen LogP contribution in [0.4, 0.5) is 0 Å². The maximum atomic E-state index is 13.3. The SMILES string of the molecule is CN(C)CCOc1cn(S(=O)(=O)c2ccccc2Br)c2c(Br)cc(Br)cc12. The quantitative estimate of drug-likeness (QED) is 0.407. The average Bonchev–Trinajstić information content (AvgIpc) is 2.94. The highest BCUT2D eigenvalue weighted by Gasteiger charge is 2.25. The van der Waals surface area contributed by atoms with Crippen molar-refractivity contribution < 1.29 is 13.2 Å². The van der Waals surface area contributed by atoms with Crippen molar-refractivity contribution in [1.29, 1.82) is 0 Å². The first-order chi connectivity index (χ1) is 12.7. The van der Waals surface area contributed by atoms with Gasteiger partial charge in [0.05, 0.1) is 11.7 Å². The minimum Gasteiger partial charge on any atom is -0.490 e. The molecular weight excluding hydrogens is 564 g/mol. The third kappa shape index (κ3) is 4.27. The van der Waals surface area contributed by atoms with Gasteiger partial charge in [-0.2, -0.15) is 0 Å². The number of hydrogen-bond acceptors (Lipinski definition) is 4. The van der Waals surface area contributed by atoms with Crippen molar-refractivity contribution >= 4 is 68.7 Å². The van der Waals surface area contributed by atoms with Crippen LogP contribution in [0, 0.1) is 0 Å². The van der Waals surface area contributed by atoms with Crippen molar-refractivity contribution in [3.05, 3.63) is 56.0 Å². The van der Waals surface area contributed by atoms with Crippen molar-refractivity contribution in [2.45, 2.75) is 4.90 Å². The summed E-state index contributed by atoms with van der Waals surface area (Å²) in [6, 6.07) is 10.4. The van der Waals surface area contributed by atoms with Crippen LogP contribution in [0.15, 0.2) is 60.9 Å². The molecule has 0 aliphatic rings. The molecule has 1 aromatic heterocycles. The lowest BCUT2D eigenvalue weighted by molar-refractivity contribution is 0.263. The highest BCUT2D eigenvalue weighted by molar-refractivity contribution is 9.11. The summed E-state index contributed by atoms with van der Waals surface area (Å²) in [5.41, 5.74) is 0.536. The molecule has 3 aromatic rings. The Bertz CT molecular complexity index is 1090. The van der Waals surface area contributed by atoms with Crippen molar-refractivity contribution in [1.82, 2.24) is 8.87 Å². The molecule has 144 valence electrons. The topological polar surface area (TPSA) is 51.5 Å². The maximum Gasteiger partial charge on any atom is 0.269 e. The Hall–Kier alpha value is -0.870. The molecule has 0 radical (unpaired) electrons. The normalized spacial score (nSPS) is 12.1. The molecule has 0 fully saturated rings. The second-order valence-electron chi connectivity index (χ2n) is 6.16. The molecule has 0 aliphatic heterocycles. The first-order valence-corrected chi connectivity index (χ1v) is 11.8. The van der Waals surface area contributed by atoms with Crippen molar-refractivity contribution in [2.75, 3.05) is 27.2 Å². The molecule has 0 saturated carbocycles. The molecule has 0 unspecified atom stereocenters. The van der Waals surface area contributed by atoms with E-state index in [0.717, 1.165) is 11.0 Å². The fraction of sp³-hybridized carbons (Fsp3) is 0.222. The van der Waals surface area contributed by atoms with Gasteiger partial charge >= 0.3 is 0 Å². The van der Waals surface area contributed by atoms with E-state index in [9.17, 15) is 8.42 Å². The lowest BCUT2D eigenvalue weighted by Crippen LogP contribution is -2.19. The fourth-order valence-electron chi connectivity index (χ4n) is 2.62. The Labute approximate surface area is 183 Å². The maximum absolute atomic E-state index is 13.3. The van der Waals surface area contributed by atoms with Gasteiger partial charge in [0.15, 0.2) is 0 Å². The van der Waals surface area contributed by atoms with Crippen molar-refractivity contribution in [3.8, 4) is 5.75 Å². The monoisotopic (exact) mass is 578 g/mol. The summed E-state index contributed by atoms with van der Waals surface area (Å²) >= 11 is 10.3. The predicted molar refractivity (Wildman–Crippen MR) is 118 cm³/mol.